The Hall–Kier alpha value is -2.00. The molecule has 24 heavy (non-hydrogen) atoms. The van der Waals surface area contributed by atoms with E-state index in [1.54, 1.807) is 11.9 Å². The van der Waals surface area contributed by atoms with Crippen LogP contribution in [0.5, 0.6) is 5.75 Å². The van der Waals surface area contributed by atoms with Gasteiger partial charge in [-0.3, -0.25) is 4.79 Å². The zero-order chi connectivity index (χ0) is 17.7. The smallest absolute Gasteiger partial charge is 0.263 e. The number of rotatable bonds is 6. The summed E-state index contributed by atoms with van der Waals surface area (Å²) in [6, 6.07) is 13.6. The largest absolute Gasteiger partial charge is 0.480 e. The fourth-order valence-corrected chi connectivity index (χ4v) is 2.61. The first kappa shape index (κ1) is 18.3. The minimum Gasteiger partial charge on any atom is -0.480 e. The Kier molecular flexibility index (Phi) is 6.27. The van der Waals surface area contributed by atoms with E-state index in [2.05, 4.69) is 0 Å². The first-order valence-electron chi connectivity index (χ1n) is 8.14. The van der Waals surface area contributed by atoms with Gasteiger partial charge < -0.3 is 9.64 Å². The molecule has 0 N–H and O–H groups in total. The molecular weight excluding hydrogens is 322 g/mol. The van der Waals surface area contributed by atoms with Gasteiger partial charge in [-0.2, -0.15) is 0 Å². The Morgan fingerprint density at radius 3 is 2.46 bits per heavy atom. The summed E-state index contributed by atoms with van der Waals surface area (Å²) in [5.74, 6) is 0.753. The number of benzene rings is 2. The van der Waals surface area contributed by atoms with Gasteiger partial charge in [0.2, 0.25) is 0 Å². The lowest BCUT2D eigenvalue weighted by Crippen LogP contribution is -2.39. The minimum absolute atomic E-state index is 0.0200. The van der Waals surface area contributed by atoms with Gasteiger partial charge in [-0.05, 0) is 55.2 Å². The highest BCUT2D eigenvalue weighted by molar-refractivity contribution is 6.30. The molecule has 0 aliphatic carbocycles. The molecular formula is C20H24ClNO2. The molecule has 1 atom stereocenters. The van der Waals surface area contributed by atoms with Crippen molar-refractivity contribution in [1.29, 1.82) is 0 Å². The van der Waals surface area contributed by atoms with Gasteiger partial charge in [0.25, 0.3) is 5.91 Å². The van der Waals surface area contributed by atoms with Crippen LogP contribution in [0, 0.1) is 13.8 Å². The third-order valence-corrected chi connectivity index (χ3v) is 4.22. The molecule has 0 radical (unpaired) electrons. The summed E-state index contributed by atoms with van der Waals surface area (Å²) in [7, 11) is 1.80. The minimum atomic E-state index is -0.484. The topological polar surface area (TPSA) is 29.5 Å². The summed E-state index contributed by atoms with van der Waals surface area (Å²) in [5.41, 5.74) is 3.19. The molecule has 0 heterocycles. The van der Waals surface area contributed by atoms with E-state index >= 15 is 0 Å². The summed E-state index contributed by atoms with van der Waals surface area (Å²) < 4.78 is 6.00. The van der Waals surface area contributed by atoms with Crippen molar-refractivity contribution in [2.45, 2.75) is 39.8 Å². The molecule has 0 spiro atoms. The second kappa shape index (κ2) is 8.20. The van der Waals surface area contributed by atoms with Crippen LogP contribution in [0.3, 0.4) is 0 Å². The van der Waals surface area contributed by atoms with Crippen LogP contribution in [0.2, 0.25) is 5.02 Å². The third kappa shape index (κ3) is 4.75. The van der Waals surface area contributed by atoms with E-state index < -0.39 is 6.10 Å². The molecule has 2 aromatic rings. The molecule has 4 heteroatoms. The molecule has 0 unspecified atom stereocenters. The number of hydrogen-bond acceptors (Lipinski definition) is 2. The number of ether oxygens (including phenoxy) is 1. The summed E-state index contributed by atoms with van der Waals surface area (Å²) in [4.78, 5) is 14.4. The van der Waals surface area contributed by atoms with Crippen molar-refractivity contribution in [1.82, 2.24) is 4.90 Å². The van der Waals surface area contributed by atoms with Crippen LogP contribution in [0.1, 0.15) is 30.0 Å². The maximum atomic E-state index is 12.7. The van der Waals surface area contributed by atoms with Gasteiger partial charge in [0, 0.05) is 18.6 Å². The number of likely N-dealkylation sites (N-methyl/N-ethyl adjacent to an activating group) is 1. The highest BCUT2D eigenvalue weighted by atomic mass is 35.5. The standard InChI is InChI=1S/C20H24ClNO2/c1-5-18(24-19-12-14(2)6-7-15(19)3)20(23)22(4)13-16-8-10-17(21)11-9-16/h6-12,18H,5,13H2,1-4H3/t18-/m0/s1. The number of carbonyl (C=O) groups is 1. The van der Waals surface area contributed by atoms with E-state index in [0.717, 1.165) is 22.4 Å². The first-order chi connectivity index (χ1) is 11.4. The highest BCUT2D eigenvalue weighted by Crippen LogP contribution is 2.22. The number of aryl methyl sites for hydroxylation is 2. The average Bonchev–Trinajstić information content (AvgIpc) is 2.57. The van der Waals surface area contributed by atoms with E-state index in [1.165, 1.54) is 0 Å². The van der Waals surface area contributed by atoms with Crippen molar-refractivity contribution in [3.8, 4) is 5.75 Å². The van der Waals surface area contributed by atoms with Crippen LogP contribution in [0.15, 0.2) is 42.5 Å². The van der Waals surface area contributed by atoms with Crippen LogP contribution < -0.4 is 4.74 Å². The monoisotopic (exact) mass is 345 g/mol. The Labute approximate surface area is 149 Å². The zero-order valence-electron chi connectivity index (χ0n) is 14.7. The normalized spacial score (nSPS) is 11.9. The van der Waals surface area contributed by atoms with Crippen molar-refractivity contribution in [2.75, 3.05) is 7.05 Å². The van der Waals surface area contributed by atoms with Crippen molar-refractivity contribution < 1.29 is 9.53 Å². The van der Waals surface area contributed by atoms with E-state index in [4.69, 9.17) is 16.3 Å². The second-order valence-electron chi connectivity index (χ2n) is 6.10. The molecule has 2 rings (SSSR count). The lowest BCUT2D eigenvalue weighted by Gasteiger charge is -2.24. The molecule has 0 fully saturated rings. The van der Waals surface area contributed by atoms with E-state index in [-0.39, 0.29) is 5.91 Å². The van der Waals surface area contributed by atoms with Gasteiger partial charge in [-0.15, -0.1) is 0 Å². The SMILES string of the molecule is CC[C@H](Oc1cc(C)ccc1C)C(=O)N(C)Cc1ccc(Cl)cc1. The Bertz CT molecular complexity index is 697. The Morgan fingerprint density at radius 1 is 1.17 bits per heavy atom. The molecule has 128 valence electrons. The molecule has 0 saturated carbocycles. The summed E-state index contributed by atoms with van der Waals surface area (Å²) in [6.45, 7) is 6.50. The summed E-state index contributed by atoms with van der Waals surface area (Å²) in [5, 5.41) is 0.692. The van der Waals surface area contributed by atoms with E-state index in [9.17, 15) is 4.79 Å². The molecule has 2 aromatic carbocycles. The predicted octanol–water partition coefficient (Wildman–Crippen LogP) is 4.77. The molecule has 1 amide bonds. The van der Waals surface area contributed by atoms with Gasteiger partial charge in [0.1, 0.15) is 5.75 Å². The molecule has 0 aliphatic rings. The first-order valence-corrected chi connectivity index (χ1v) is 8.51. The van der Waals surface area contributed by atoms with Crippen LogP contribution >= 0.6 is 11.6 Å². The van der Waals surface area contributed by atoms with Crippen LogP contribution in [0.4, 0.5) is 0 Å². The predicted molar refractivity (Wildman–Crippen MR) is 98.5 cm³/mol. The van der Waals surface area contributed by atoms with Crippen LogP contribution in [0.25, 0.3) is 0 Å². The van der Waals surface area contributed by atoms with Crippen molar-refractivity contribution in [3.63, 3.8) is 0 Å². The molecule has 0 saturated heterocycles. The van der Waals surface area contributed by atoms with Crippen molar-refractivity contribution in [2.24, 2.45) is 0 Å². The maximum Gasteiger partial charge on any atom is 0.263 e. The lowest BCUT2D eigenvalue weighted by atomic mass is 10.1. The van der Waals surface area contributed by atoms with Crippen LogP contribution in [-0.2, 0) is 11.3 Å². The van der Waals surface area contributed by atoms with Crippen molar-refractivity contribution >= 4 is 17.5 Å². The van der Waals surface area contributed by atoms with Crippen molar-refractivity contribution in [3.05, 3.63) is 64.2 Å². The van der Waals surface area contributed by atoms with E-state index in [1.807, 2.05) is 63.2 Å². The fraction of sp³-hybridized carbons (Fsp3) is 0.350. The fourth-order valence-electron chi connectivity index (χ4n) is 2.48. The highest BCUT2D eigenvalue weighted by Gasteiger charge is 2.23. The maximum absolute atomic E-state index is 12.7. The summed E-state index contributed by atoms with van der Waals surface area (Å²) >= 11 is 5.90. The van der Waals surface area contributed by atoms with Gasteiger partial charge in [0.05, 0.1) is 0 Å². The Morgan fingerprint density at radius 2 is 1.83 bits per heavy atom. The lowest BCUT2D eigenvalue weighted by molar-refractivity contribution is -0.138. The molecule has 0 aliphatic heterocycles. The number of hydrogen-bond donors (Lipinski definition) is 0. The van der Waals surface area contributed by atoms with Gasteiger partial charge in [-0.25, -0.2) is 0 Å². The van der Waals surface area contributed by atoms with Gasteiger partial charge in [-0.1, -0.05) is 42.8 Å². The quantitative estimate of drug-likeness (QED) is 0.754. The molecule has 0 aromatic heterocycles. The molecule has 3 nitrogen and oxygen atoms in total. The average molecular weight is 346 g/mol. The number of halogens is 1. The number of nitrogens with zero attached hydrogens (tertiary/aromatic N) is 1. The second-order valence-corrected chi connectivity index (χ2v) is 6.54. The zero-order valence-corrected chi connectivity index (χ0v) is 15.4. The van der Waals surface area contributed by atoms with Crippen LogP contribution in [-0.4, -0.2) is 24.0 Å². The van der Waals surface area contributed by atoms with Gasteiger partial charge >= 0.3 is 0 Å². The number of amides is 1. The van der Waals surface area contributed by atoms with Gasteiger partial charge in [0.15, 0.2) is 6.10 Å². The van der Waals surface area contributed by atoms with E-state index in [0.29, 0.717) is 18.0 Å². The molecule has 0 bridgehead atoms. The Balaban J connectivity index is 2.07. The number of carbonyl (C=O) groups excluding carboxylic acids is 1. The third-order valence-electron chi connectivity index (χ3n) is 3.97. The summed E-state index contributed by atoms with van der Waals surface area (Å²) in [6.07, 6.45) is 0.139.